The van der Waals surface area contributed by atoms with Crippen molar-refractivity contribution in [2.24, 2.45) is 0 Å². The maximum atomic E-state index is 4.12. The van der Waals surface area contributed by atoms with Crippen LogP contribution in [0.5, 0.6) is 0 Å². The van der Waals surface area contributed by atoms with Crippen LogP contribution in [0.4, 0.5) is 0 Å². The van der Waals surface area contributed by atoms with E-state index in [4.69, 9.17) is 0 Å². The average Bonchev–Trinajstić information content (AvgIpc) is 2.41. The van der Waals surface area contributed by atoms with Gasteiger partial charge in [-0.2, -0.15) is 0 Å². The minimum Gasteiger partial charge on any atom is -0.315 e. The lowest BCUT2D eigenvalue weighted by Gasteiger charge is -2.26. The fraction of sp³-hybridized carbons (Fsp3) is 0.643. The Hall–Kier alpha value is -0.930. The van der Waals surface area contributed by atoms with Crippen LogP contribution >= 0.6 is 0 Å². The van der Waals surface area contributed by atoms with E-state index in [0.29, 0.717) is 0 Å². The van der Waals surface area contributed by atoms with E-state index in [-0.39, 0.29) is 0 Å². The number of nitrogens with zero attached hydrogens (tertiary/aromatic N) is 2. The van der Waals surface area contributed by atoms with Gasteiger partial charge in [0.15, 0.2) is 0 Å². The van der Waals surface area contributed by atoms with Crippen LogP contribution in [0.1, 0.15) is 24.8 Å². The van der Waals surface area contributed by atoms with E-state index in [1.54, 1.807) is 0 Å². The van der Waals surface area contributed by atoms with Crippen molar-refractivity contribution in [1.82, 2.24) is 15.2 Å². The van der Waals surface area contributed by atoms with Crippen molar-refractivity contribution < 1.29 is 0 Å². The lowest BCUT2D eigenvalue weighted by atomic mass is 10.1. The molecule has 0 amide bonds. The Kier molecular flexibility index (Phi) is 5.46. The number of hydrogen-bond acceptors (Lipinski definition) is 3. The van der Waals surface area contributed by atoms with Gasteiger partial charge < -0.3 is 10.2 Å². The molecule has 1 aliphatic heterocycles. The summed E-state index contributed by atoms with van der Waals surface area (Å²) in [5, 5.41) is 3.51. The summed E-state index contributed by atoms with van der Waals surface area (Å²) in [6.07, 6.45) is 9.05. The highest BCUT2D eigenvalue weighted by Crippen LogP contribution is 2.07. The lowest BCUT2D eigenvalue weighted by Crippen LogP contribution is -2.36. The number of hydrogen-bond donors (Lipinski definition) is 1. The standard InChI is InChI=1S/C14H23N3/c1-2-10-17(11-3-1)12-9-15-8-6-14-5-4-7-16-13-14/h4-5,7,13,15H,1-3,6,8-12H2. The number of pyridine rings is 1. The highest BCUT2D eigenvalue weighted by Gasteiger charge is 2.08. The molecule has 94 valence electrons. The Morgan fingerprint density at radius 2 is 2.06 bits per heavy atom. The van der Waals surface area contributed by atoms with Crippen LogP contribution in [-0.4, -0.2) is 42.6 Å². The summed E-state index contributed by atoms with van der Waals surface area (Å²) < 4.78 is 0. The first-order valence-corrected chi connectivity index (χ1v) is 6.77. The molecule has 3 nitrogen and oxygen atoms in total. The molecule has 1 aromatic rings. The zero-order valence-corrected chi connectivity index (χ0v) is 10.6. The normalized spacial score (nSPS) is 17.2. The Bertz CT molecular complexity index is 294. The van der Waals surface area contributed by atoms with E-state index in [9.17, 15) is 0 Å². The minimum absolute atomic E-state index is 1.06. The molecule has 2 rings (SSSR count). The van der Waals surface area contributed by atoms with Gasteiger partial charge in [-0.1, -0.05) is 12.5 Å². The second-order valence-electron chi connectivity index (χ2n) is 4.76. The first kappa shape index (κ1) is 12.5. The van der Waals surface area contributed by atoms with Crippen LogP contribution in [-0.2, 0) is 6.42 Å². The van der Waals surface area contributed by atoms with Crippen LogP contribution in [0, 0.1) is 0 Å². The van der Waals surface area contributed by atoms with Gasteiger partial charge in [0.2, 0.25) is 0 Å². The monoisotopic (exact) mass is 233 g/mol. The molecule has 1 N–H and O–H groups in total. The van der Waals surface area contributed by atoms with Crippen LogP contribution in [0.15, 0.2) is 24.5 Å². The maximum Gasteiger partial charge on any atom is 0.0300 e. The molecular formula is C14H23N3. The molecular weight excluding hydrogens is 210 g/mol. The fourth-order valence-corrected chi connectivity index (χ4v) is 2.32. The van der Waals surface area contributed by atoms with Gasteiger partial charge in [-0.05, 0) is 50.5 Å². The van der Waals surface area contributed by atoms with Crippen molar-refractivity contribution in [3.63, 3.8) is 0 Å². The van der Waals surface area contributed by atoms with Crippen molar-refractivity contribution >= 4 is 0 Å². The molecule has 0 unspecified atom stereocenters. The van der Waals surface area contributed by atoms with Gasteiger partial charge >= 0.3 is 0 Å². The van der Waals surface area contributed by atoms with E-state index in [1.807, 2.05) is 18.5 Å². The molecule has 0 atom stereocenters. The van der Waals surface area contributed by atoms with E-state index in [1.165, 1.54) is 44.5 Å². The molecule has 2 heterocycles. The zero-order chi connectivity index (χ0) is 11.8. The number of aromatic nitrogens is 1. The van der Waals surface area contributed by atoms with Gasteiger partial charge in [-0.15, -0.1) is 0 Å². The van der Waals surface area contributed by atoms with Crippen LogP contribution in [0.25, 0.3) is 0 Å². The van der Waals surface area contributed by atoms with E-state index in [0.717, 1.165) is 19.5 Å². The van der Waals surface area contributed by atoms with Crippen LogP contribution < -0.4 is 5.32 Å². The Labute approximate surface area is 104 Å². The number of rotatable bonds is 6. The van der Waals surface area contributed by atoms with Crippen molar-refractivity contribution in [1.29, 1.82) is 0 Å². The molecule has 0 aromatic carbocycles. The van der Waals surface area contributed by atoms with Gasteiger partial charge in [0.25, 0.3) is 0 Å². The van der Waals surface area contributed by atoms with Crippen LogP contribution in [0.3, 0.4) is 0 Å². The van der Waals surface area contributed by atoms with Crippen molar-refractivity contribution in [3.8, 4) is 0 Å². The number of likely N-dealkylation sites (tertiary alicyclic amines) is 1. The third-order valence-corrected chi connectivity index (χ3v) is 3.37. The summed E-state index contributed by atoms with van der Waals surface area (Å²) in [5.41, 5.74) is 1.32. The topological polar surface area (TPSA) is 28.2 Å². The summed E-state index contributed by atoms with van der Waals surface area (Å²) in [4.78, 5) is 6.69. The Morgan fingerprint density at radius 3 is 2.82 bits per heavy atom. The highest BCUT2D eigenvalue weighted by molar-refractivity contribution is 5.08. The summed E-state index contributed by atoms with van der Waals surface area (Å²) >= 11 is 0. The summed E-state index contributed by atoms with van der Waals surface area (Å²) in [6.45, 7) is 5.96. The molecule has 0 saturated carbocycles. The van der Waals surface area contributed by atoms with Gasteiger partial charge in [-0.3, -0.25) is 4.98 Å². The Balaban J connectivity index is 1.51. The molecule has 1 aliphatic rings. The highest BCUT2D eigenvalue weighted by atomic mass is 15.1. The van der Waals surface area contributed by atoms with Crippen LogP contribution in [0.2, 0.25) is 0 Å². The molecule has 1 saturated heterocycles. The summed E-state index contributed by atoms with van der Waals surface area (Å²) in [7, 11) is 0. The zero-order valence-electron chi connectivity index (χ0n) is 10.6. The predicted molar refractivity (Wildman–Crippen MR) is 71.1 cm³/mol. The number of nitrogens with one attached hydrogen (secondary N) is 1. The lowest BCUT2D eigenvalue weighted by molar-refractivity contribution is 0.229. The van der Waals surface area contributed by atoms with Crippen molar-refractivity contribution in [2.45, 2.75) is 25.7 Å². The van der Waals surface area contributed by atoms with Gasteiger partial charge in [0, 0.05) is 25.5 Å². The summed E-state index contributed by atoms with van der Waals surface area (Å²) in [6, 6.07) is 4.14. The Morgan fingerprint density at radius 1 is 1.18 bits per heavy atom. The number of piperidine rings is 1. The van der Waals surface area contributed by atoms with E-state index < -0.39 is 0 Å². The molecule has 1 fully saturated rings. The SMILES string of the molecule is c1cncc(CCNCCN2CCCCC2)c1. The average molecular weight is 233 g/mol. The summed E-state index contributed by atoms with van der Waals surface area (Å²) in [5.74, 6) is 0. The minimum atomic E-state index is 1.06. The first-order chi connectivity index (χ1) is 8.45. The van der Waals surface area contributed by atoms with Gasteiger partial charge in [-0.25, -0.2) is 0 Å². The largest absolute Gasteiger partial charge is 0.315 e. The molecule has 0 aliphatic carbocycles. The molecule has 3 heteroatoms. The smallest absolute Gasteiger partial charge is 0.0300 e. The quantitative estimate of drug-likeness (QED) is 0.758. The molecule has 0 spiro atoms. The first-order valence-electron chi connectivity index (χ1n) is 6.77. The molecule has 1 aromatic heterocycles. The maximum absolute atomic E-state index is 4.12. The molecule has 17 heavy (non-hydrogen) atoms. The van der Waals surface area contributed by atoms with E-state index >= 15 is 0 Å². The fourth-order valence-electron chi connectivity index (χ4n) is 2.32. The second-order valence-corrected chi connectivity index (χ2v) is 4.76. The predicted octanol–water partition coefficient (Wildman–Crippen LogP) is 1.70. The molecule has 0 bridgehead atoms. The third-order valence-electron chi connectivity index (χ3n) is 3.37. The van der Waals surface area contributed by atoms with Gasteiger partial charge in [0.1, 0.15) is 0 Å². The van der Waals surface area contributed by atoms with Gasteiger partial charge in [0.05, 0.1) is 0 Å². The third kappa shape index (κ3) is 4.84. The van der Waals surface area contributed by atoms with E-state index in [2.05, 4.69) is 21.3 Å². The molecule has 0 radical (unpaired) electrons. The second kappa shape index (κ2) is 7.41. The van der Waals surface area contributed by atoms with Crippen molar-refractivity contribution in [2.75, 3.05) is 32.7 Å². The van der Waals surface area contributed by atoms with Crippen molar-refractivity contribution in [3.05, 3.63) is 30.1 Å².